The second-order valence-electron chi connectivity index (χ2n) is 4.31. The molecule has 0 bridgehead atoms. The molecular formula is C11H20N2O3. The summed E-state index contributed by atoms with van der Waals surface area (Å²) in [5, 5.41) is 2.57. The van der Waals surface area contributed by atoms with Crippen LogP contribution in [0.1, 0.15) is 27.2 Å². The maximum absolute atomic E-state index is 11.7. The molecule has 2 amide bonds. The number of carbonyl (C=O) groups is 2. The normalized spacial score (nSPS) is 24.3. The molecule has 1 saturated heterocycles. The van der Waals surface area contributed by atoms with Crippen molar-refractivity contribution < 1.29 is 14.3 Å². The van der Waals surface area contributed by atoms with Crippen molar-refractivity contribution in [1.29, 1.82) is 0 Å². The van der Waals surface area contributed by atoms with Crippen molar-refractivity contribution in [2.75, 3.05) is 19.7 Å². The van der Waals surface area contributed by atoms with Crippen molar-refractivity contribution in [3.05, 3.63) is 0 Å². The van der Waals surface area contributed by atoms with Gasteiger partial charge in [-0.25, -0.2) is 4.79 Å². The van der Waals surface area contributed by atoms with Crippen molar-refractivity contribution >= 4 is 12.0 Å². The highest BCUT2D eigenvalue weighted by molar-refractivity contribution is 5.81. The molecule has 2 atom stereocenters. The molecule has 1 fully saturated rings. The third-order valence-corrected chi connectivity index (χ3v) is 2.73. The number of hydrogen-bond donors (Lipinski definition) is 1. The smallest absolute Gasteiger partial charge is 0.325 e. The van der Waals surface area contributed by atoms with Crippen LogP contribution in [0, 0.1) is 5.92 Å². The molecular weight excluding hydrogens is 208 g/mol. The molecule has 0 aliphatic carbocycles. The number of ether oxygens (including phenoxy) is 1. The summed E-state index contributed by atoms with van der Waals surface area (Å²) in [6.07, 6.45) is 1.02. The first-order chi connectivity index (χ1) is 7.54. The second-order valence-corrected chi connectivity index (χ2v) is 4.31. The minimum absolute atomic E-state index is 0.0513. The van der Waals surface area contributed by atoms with Gasteiger partial charge in [0.25, 0.3) is 0 Å². The fourth-order valence-corrected chi connectivity index (χ4v) is 2.04. The van der Waals surface area contributed by atoms with Gasteiger partial charge in [0.05, 0.1) is 6.61 Å². The Morgan fingerprint density at radius 1 is 1.44 bits per heavy atom. The molecule has 16 heavy (non-hydrogen) atoms. The fraction of sp³-hybridized carbons (Fsp3) is 0.818. The Kier molecular flexibility index (Phi) is 4.58. The topological polar surface area (TPSA) is 58.6 Å². The van der Waals surface area contributed by atoms with Crippen LogP contribution in [0.4, 0.5) is 4.79 Å². The number of urea groups is 1. The maximum atomic E-state index is 11.7. The average Bonchev–Trinajstić information content (AvgIpc) is 2.55. The van der Waals surface area contributed by atoms with E-state index in [0.717, 1.165) is 13.0 Å². The predicted octanol–water partition coefficient (Wildman–Crippen LogP) is 0.989. The van der Waals surface area contributed by atoms with E-state index in [-0.39, 0.29) is 18.6 Å². The number of esters is 1. The molecule has 0 saturated carbocycles. The number of hydrogen-bond acceptors (Lipinski definition) is 3. The fourth-order valence-electron chi connectivity index (χ4n) is 2.04. The predicted molar refractivity (Wildman–Crippen MR) is 60.0 cm³/mol. The van der Waals surface area contributed by atoms with E-state index in [1.54, 1.807) is 11.8 Å². The number of nitrogens with one attached hydrogen (secondary N) is 1. The number of nitrogens with zero attached hydrogens (tertiary/aromatic N) is 1. The SMILES string of the molecule is CCOC(=O)CNC(=O)N1CC(C)CC1C. The van der Waals surface area contributed by atoms with E-state index >= 15 is 0 Å². The Morgan fingerprint density at radius 2 is 2.12 bits per heavy atom. The van der Waals surface area contributed by atoms with E-state index in [2.05, 4.69) is 12.2 Å². The Morgan fingerprint density at radius 3 is 2.62 bits per heavy atom. The number of amides is 2. The van der Waals surface area contributed by atoms with Crippen LogP contribution < -0.4 is 5.32 Å². The molecule has 5 heteroatoms. The summed E-state index contributed by atoms with van der Waals surface area (Å²) >= 11 is 0. The van der Waals surface area contributed by atoms with Crippen LogP contribution in [-0.4, -0.2) is 42.6 Å². The molecule has 1 heterocycles. The molecule has 1 aliphatic heterocycles. The summed E-state index contributed by atoms with van der Waals surface area (Å²) in [6, 6.07) is 0.0714. The van der Waals surface area contributed by atoms with Crippen LogP contribution in [0.15, 0.2) is 0 Å². The highest BCUT2D eigenvalue weighted by Crippen LogP contribution is 2.21. The van der Waals surface area contributed by atoms with Gasteiger partial charge in [0.2, 0.25) is 0 Å². The summed E-state index contributed by atoms with van der Waals surface area (Å²) in [7, 11) is 0. The zero-order valence-corrected chi connectivity index (χ0v) is 10.2. The third-order valence-electron chi connectivity index (χ3n) is 2.73. The quantitative estimate of drug-likeness (QED) is 0.733. The van der Waals surface area contributed by atoms with E-state index in [1.807, 2.05) is 6.92 Å². The lowest BCUT2D eigenvalue weighted by Crippen LogP contribution is -2.44. The highest BCUT2D eigenvalue weighted by atomic mass is 16.5. The molecule has 0 spiro atoms. The molecule has 5 nitrogen and oxygen atoms in total. The van der Waals surface area contributed by atoms with Gasteiger partial charge in [0.15, 0.2) is 0 Å². The van der Waals surface area contributed by atoms with E-state index in [4.69, 9.17) is 4.74 Å². The minimum atomic E-state index is -0.393. The first kappa shape index (κ1) is 12.8. The Hall–Kier alpha value is -1.26. The van der Waals surface area contributed by atoms with E-state index in [9.17, 15) is 9.59 Å². The molecule has 0 aromatic rings. The highest BCUT2D eigenvalue weighted by Gasteiger charge is 2.29. The van der Waals surface area contributed by atoms with Gasteiger partial charge in [0.1, 0.15) is 6.54 Å². The molecule has 1 rings (SSSR count). The number of likely N-dealkylation sites (tertiary alicyclic amines) is 1. The monoisotopic (exact) mass is 228 g/mol. The number of rotatable bonds is 3. The maximum Gasteiger partial charge on any atom is 0.325 e. The van der Waals surface area contributed by atoms with Crippen LogP contribution in [0.25, 0.3) is 0 Å². The van der Waals surface area contributed by atoms with Gasteiger partial charge in [0, 0.05) is 12.6 Å². The zero-order chi connectivity index (χ0) is 12.1. The largest absolute Gasteiger partial charge is 0.465 e. The molecule has 0 radical (unpaired) electrons. The van der Waals surface area contributed by atoms with E-state index < -0.39 is 5.97 Å². The van der Waals surface area contributed by atoms with Crippen molar-refractivity contribution in [2.45, 2.75) is 33.2 Å². The zero-order valence-electron chi connectivity index (χ0n) is 10.2. The molecule has 0 aromatic heterocycles. The van der Waals surface area contributed by atoms with Crippen LogP contribution in [0.5, 0.6) is 0 Å². The first-order valence-corrected chi connectivity index (χ1v) is 5.74. The lowest BCUT2D eigenvalue weighted by Gasteiger charge is -2.21. The molecule has 1 aliphatic rings. The summed E-state index contributed by atoms with van der Waals surface area (Å²) < 4.78 is 4.73. The van der Waals surface area contributed by atoms with Crippen molar-refractivity contribution in [3.8, 4) is 0 Å². The van der Waals surface area contributed by atoms with Crippen LogP contribution >= 0.6 is 0 Å². The van der Waals surface area contributed by atoms with Gasteiger partial charge in [-0.15, -0.1) is 0 Å². The third kappa shape index (κ3) is 3.40. The van der Waals surface area contributed by atoms with E-state index in [1.165, 1.54) is 0 Å². The molecule has 2 unspecified atom stereocenters. The van der Waals surface area contributed by atoms with Crippen molar-refractivity contribution in [2.24, 2.45) is 5.92 Å². The van der Waals surface area contributed by atoms with E-state index in [0.29, 0.717) is 12.5 Å². The van der Waals surface area contributed by atoms with Gasteiger partial charge < -0.3 is 15.0 Å². The Labute approximate surface area is 96.1 Å². The van der Waals surface area contributed by atoms with Gasteiger partial charge in [-0.1, -0.05) is 6.92 Å². The number of carbonyl (C=O) groups excluding carboxylic acids is 2. The van der Waals surface area contributed by atoms with Crippen LogP contribution in [-0.2, 0) is 9.53 Å². The molecule has 92 valence electrons. The standard InChI is InChI=1S/C11H20N2O3/c1-4-16-10(14)6-12-11(15)13-7-8(2)5-9(13)3/h8-9H,4-7H2,1-3H3,(H,12,15). The summed E-state index contributed by atoms with van der Waals surface area (Å²) in [5.74, 6) is 0.138. The lowest BCUT2D eigenvalue weighted by atomic mass is 10.1. The van der Waals surface area contributed by atoms with Crippen LogP contribution in [0.2, 0.25) is 0 Å². The lowest BCUT2D eigenvalue weighted by molar-refractivity contribution is -0.141. The molecule has 1 N–H and O–H groups in total. The first-order valence-electron chi connectivity index (χ1n) is 5.74. The summed E-state index contributed by atoms with van der Waals surface area (Å²) in [5.41, 5.74) is 0. The second kappa shape index (κ2) is 5.72. The van der Waals surface area contributed by atoms with Gasteiger partial charge in [-0.3, -0.25) is 4.79 Å². The Balaban J connectivity index is 2.32. The Bertz CT molecular complexity index is 268. The van der Waals surface area contributed by atoms with Gasteiger partial charge >= 0.3 is 12.0 Å². The van der Waals surface area contributed by atoms with Gasteiger partial charge in [-0.05, 0) is 26.2 Å². The minimum Gasteiger partial charge on any atom is -0.465 e. The summed E-state index contributed by atoms with van der Waals surface area (Å²) in [4.78, 5) is 24.5. The van der Waals surface area contributed by atoms with Crippen LogP contribution in [0.3, 0.4) is 0 Å². The van der Waals surface area contributed by atoms with Crippen molar-refractivity contribution in [1.82, 2.24) is 10.2 Å². The summed E-state index contributed by atoms with van der Waals surface area (Å²) in [6.45, 7) is 6.93. The average molecular weight is 228 g/mol. The molecule has 0 aromatic carbocycles. The van der Waals surface area contributed by atoms with Crippen molar-refractivity contribution in [3.63, 3.8) is 0 Å². The van der Waals surface area contributed by atoms with Gasteiger partial charge in [-0.2, -0.15) is 0 Å².